The topological polar surface area (TPSA) is 23.5 Å². The van der Waals surface area contributed by atoms with Gasteiger partial charge in [0.05, 0.1) is 6.61 Å². The number of aliphatic hydroxyl groups excluding tert-OH is 1. The van der Waals surface area contributed by atoms with E-state index in [0.29, 0.717) is 12.1 Å². The highest BCUT2D eigenvalue weighted by atomic mass is 16.3. The van der Waals surface area contributed by atoms with Crippen molar-refractivity contribution in [2.75, 3.05) is 19.7 Å². The summed E-state index contributed by atoms with van der Waals surface area (Å²) in [5.41, 5.74) is 0.462. The Morgan fingerprint density at radius 1 is 1.43 bits per heavy atom. The minimum absolute atomic E-state index is 0.326. The maximum atomic E-state index is 9.08. The molecule has 0 aromatic heterocycles. The first-order valence-electron chi connectivity index (χ1n) is 6.16. The molecule has 2 rings (SSSR count). The van der Waals surface area contributed by atoms with Crippen LogP contribution in [0.4, 0.5) is 0 Å². The van der Waals surface area contributed by atoms with Crippen molar-refractivity contribution in [3.05, 3.63) is 0 Å². The number of likely N-dealkylation sites (tertiary alicyclic amines) is 1. The number of nitrogens with zero attached hydrogens (tertiary/aromatic N) is 1. The fourth-order valence-electron chi connectivity index (χ4n) is 3.58. The molecule has 1 N–H and O–H groups in total. The zero-order chi connectivity index (χ0) is 10.0. The van der Waals surface area contributed by atoms with Gasteiger partial charge in [-0.15, -0.1) is 0 Å². The summed E-state index contributed by atoms with van der Waals surface area (Å²) in [6.45, 7) is 4.75. The number of hydrogen-bond acceptors (Lipinski definition) is 2. The Kier molecular flexibility index (Phi) is 3.13. The van der Waals surface area contributed by atoms with Gasteiger partial charge in [-0.05, 0) is 38.1 Å². The molecule has 1 saturated carbocycles. The predicted molar refractivity (Wildman–Crippen MR) is 58.3 cm³/mol. The monoisotopic (exact) mass is 197 g/mol. The molecule has 0 aromatic carbocycles. The van der Waals surface area contributed by atoms with E-state index >= 15 is 0 Å². The van der Waals surface area contributed by atoms with Crippen LogP contribution in [0.3, 0.4) is 0 Å². The van der Waals surface area contributed by atoms with Gasteiger partial charge in [-0.3, -0.25) is 4.90 Å². The second-order valence-corrected chi connectivity index (χ2v) is 5.04. The maximum Gasteiger partial charge on any atom is 0.0558 e. The third kappa shape index (κ3) is 1.70. The molecule has 0 radical (unpaired) electrons. The van der Waals surface area contributed by atoms with Crippen LogP contribution in [-0.4, -0.2) is 35.2 Å². The standard InChI is InChI=1S/C12H23NO/c1-2-12-6-3-4-11(10-12)5-7-13(12)8-9-14/h11,14H,2-10H2,1H3/t11-,12-/m1/s1. The molecule has 1 saturated heterocycles. The van der Waals surface area contributed by atoms with Gasteiger partial charge in [0, 0.05) is 12.1 Å². The summed E-state index contributed by atoms with van der Waals surface area (Å²) in [6.07, 6.45) is 8.24. The predicted octanol–water partition coefficient (Wildman–Crippen LogP) is 2.02. The first kappa shape index (κ1) is 10.4. The van der Waals surface area contributed by atoms with Gasteiger partial charge in [-0.2, -0.15) is 0 Å². The van der Waals surface area contributed by atoms with E-state index in [1.165, 1.54) is 45.1 Å². The van der Waals surface area contributed by atoms with Crippen molar-refractivity contribution in [1.29, 1.82) is 0 Å². The van der Waals surface area contributed by atoms with Crippen LogP contribution in [0, 0.1) is 5.92 Å². The Bertz CT molecular complexity index is 195. The third-order valence-corrected chi connectivity index (χ3v) is 4.43. The Labute approximate surface area is 87.3 Å². The normalized spacial score (nSPS) is 38.6. The summed E-state index contributed by atoms with van der Waals surface area (Å²) in [4.78, 5) is 2.56. The van der Waals surface area contributed by atoms with E-state index in [4.69, 9.17) is 5.11 Å². The second-order valence-electron chi connectivity index (χ2n) is 5.04. The van der Waals surface area contributed by atoms with Crippen LogP contribution in [-0.2, 0) is 0 Å². The number of rotatable bonds is 3. The van der Waals surface area contributed by atoms with Crippen LogP contribution >= 0.6 is 0 Å². The lowest BCUT2D eigenvalue weighted by molar-refractivity contribution is -0.0255. The molecule has 1 aliphatic carbocycles. The van der Waals surface area contributed by atoms with Crippen LogP contribution in [0.15, 0.2) is 0 Å². The minimum Gasteiger partial charge on any atom is -0.395 e. The number of aliphatic hydroxyl groups is 1. The highest BCUT2D eigenvalue weighted by Gasteiger charge is 2.42. The highest BCUT2D eigenvalue weighted by molar-refractivity contribution is 4.98. The molecule has 2 nitrogen and oxygen atoms in total. The largest absolute Gasteiger partial charge is 0.395 e. The highest BCUT2D eigenvalue weighted by Crippen LogP contribution is 2.44. The molecule has 2 aliphatic rings. The van der Waals surface area contributed by atoms with E-state index < -0.39 is 0 Å². The first-order valence-corrected chi connectivity index (χ1v) is 6.16. The Balaban J connectivity index is 2.09. The quantitative estimate of drug-likeness (QED) is 0.748. The summed E-state index contributed by atoms with van der Waals surface area (Å²) >= 11 is 0. The average molecular weight is 197 g/mol. The van der Waals surface area contributed by atoms with Gasteiger partial charge in [0.25, 0.3) is 0 Å². The molecule has 0 amide bonds. The van der Waals surface area contributed by atoms with Gasteiger partial charge in [-0.1, -0.05) is 19.8 Å². The molecule has 2 atom stereocenters. The van der Waals surface area contributed by atoms with E-state index in [2.05, 4.69) is 11.8 Å². The number of hydrogen-bond donors (Lipinski definition) is 1. The molecule has 0 unspecified atom stereocenters. The third-order valence-electron chi connectivity index (χ3n) is 4.43. The second kappa shape index (κ2) is 4.19. The molecule has 2 fully saturated rings. The Hall–Kier alpha value is -0.0800. The van der Waals surface area contributed by atoms with Crippen molar-refractivity contribution in [3.63, 3.8) is 0 Å². The molecule has 82 valence electrons. The lowest BCUT2D eigenvalue weighted by Gasteiger charge is -2.52. The number of piperidine rings is 1. The lowest BCUT2D eigenvalue weighted by Crippen LogP contribution is -2.56. The SMILES string of the molecule is CC[C@]12CCC[C@H](CCN1CCO)C2. The van der Waals surface area contributed by atoms with Gasteiger partial charge in [-0.25, -0.2) is 0 Å². The molecule has 1 aliphatic heterocycles. The van der Waals surface area contributed by atoms with Crippen LogP contribution < -0.4 is 0 Å². The zero-order valence-corrected chi connectivity index (χ0v) is 9.34. The van der Waals surface area contributed by atoms with E-state index in [1.54, 1.807) is 0 Å². The molecule has 1 heterocycles. The Morgan fingerprint density at radius 2 is 2.29 bits per heavy atom. The van der Waals surface area contributed by atoms with Crippen molar-refractivity contribution in [1.82, 2.24) is 4.90 Å². The van der Waals surface area contributed by atoms with E-state index in [1.807, 2.05) is 0 Å². The average Bonchev–Trinajstić information content (AvgIpc) is 2.23. The fraction of sp³-hybridized carbons (Fsp3) is 1.00. The Morgan fingerprint density at radius 3 is 3.00 bits per heavy atom. The van der Waals surface area contributed by atoms with Gasteiger partial charge >= 0.3 is 0 Å². The molecular formula is C12H23NO. The summed E-state index contributed by atoms with van der Waals surface area (Å²) in [7, 11) is 0. The minimum atomic E-state index is 0.326. The maximum absolute atomic E-state index is 9.08. The van der Waals surface area contributed by atoms with Crippen molar-refractivity contribution in [3.8, 4) is 0 Å². The van der Waals surface area contributed by atoms with Crippen molar-refractivity contribution < 1.29 is 5.11 Å². The number of β-amino-alcohol motifs (C(OH)–C–C–N with tert-alkyl or cyclic N) is 1. The van der Waals surface area contributed by atoms with Crippen molar-refractivity contribution in [2.45, 2.75) is 51.0 Å². The summed E-state index contributed by atoms with van der Waals surface area (Å²) < 4.78 is 0. The molecule has 14 heavy (non-hydrogen) atoms. The van der Waals surface area contributed by atoms with Crippen molar-refractivity contribution >= 4 is 0 Å². The molecule has 2 heteroatoms. The zero-order valence-electron chi connectivity index (χ0n) is 9.34. The summed E-state index contributed by atoms with van der Waals surface area (Å²) in [5, 5.41) is 9.08. The van der Waals surface area contributed by atoms with E-state index in [9.17, 15) is 0 Å². The molecule has 0 aromatic rings. The van der Waals surface area contributed by atoms with Gasteiger partial charge < -0.3 is 5.11 Å². The van der Waals surface area contributed by atoms with Gasteiger partial charge in [0.1, 0.15) is 0 Å². The molecule has 0 spiro atoms. The van der Waals surface area contributed by atoms with Gasteiger partial charge in [0.2, 0.25) is 0 Å². The summed E-state index contributed by atoms with van der Waals surface area (Å²) in [6, 6.07) is 0. The van der Waals surface area contributed by atoms with Gasteiger partial charge in [0.15, 0.2) is 0 Å². The van der Waals surface area contributed by atoms with Crippen LogP contribution in [0.5, 0.6) is 0 Å². The smallest absolute Gasteiger partial charge is 0.0558 e. The number of fused-ring (bicyclic) bond motifs is 2. The molecule has 2 bridgehead atoms. The van der Waals surface area contributed by atoms with Crippen LogP contribution in [0.25, 0.3) is 0 Å². The summed E-state index contributed by atoms with van der Waals surface area (Å²) in [5.74, 6) is 0.985. The van der Waals surface area contributed by atoms with Crippen LogP contribution in [0.1, 0.15) is 45.4 Å². The fourth-order valence-corrected chi connectivity index (χ4v) is 3.58. The van der Waals surface area contributed by atoms with E-state index in [-0.39, 0.29) is 0 Å². The van der Waals surface area contributed by atoms with E-state index in [0.717, 1.165) is 12.5 Å². The van der Waals surface area contributed by atoms with Crippen molar-refractivity contribution in [2.24, 2.45) is 5.92 Å². The molecular weight excluding hydrogens is 174 g/mol. The first-order chi connectivity index (χ1) is 6.80. The van der Waals surface area contributed by atoms with Crippen LogP contribution in [0.2, 0.25) is 0 Å². The lowest BCUT2D eigenvalue weighted by atomic mass is 9.69.